The van der Waals surface area contributed by atoms with Crippen LogP contribution in [0.1, 0.15) is 78.3 Å². The molecule has 0 aliphatic carbocycles. The summed E-state index contributed by atoms with van der Waals surface area (Å²) in [5.41, 5.74) is 2.65. The van der Waals surface area contributed by atoms with Crippen molar-refractivity contribution in [2.75, 3.05) is 14.2 Å². The second-order valence-electron chi connectivity index (χ2n) is 8.62. The molecule has 1 N–H and O–H groups in total. The minimum atomic E-state index is -0.609. The van der Waals surface area contributed by atoms with Gasteiger partial charge in [-0.25, -0.2) is 9.59 Å². The number of benzene rings is 2. The maximum atomic E-state index is 12.1. The highest BCUT2D eigenvalue weighted by molar-refractivity contribution is 6.03. The van der Waals surface area contributed by atoms with E-state index in [4.69, 9.17) is 14.2 Å². The summed E-state index contributed by atoms with van der Waals surface area (Å²) in [6, 6.07) is 12.7. The van der Waals surface area contributed by atoms with Gasteiger partial charge in [-0.1, -0.05) is 30.7 Å². The quantitative estimate of drug-likeness (QED) is 0.353. The molecule has 0 bridgehead atoms. The van der Waals surface area contributed by atoms with Crippen LogP contribution in [-0.2, 0) is 16.1 Å². The van der Waals surface area contributed by atoms with Gasteiger partial charge in [0.05, 0.1) is 30.9 Å². The van der Waals surface area contributed by atoms with Gasteiger partial charge in [0.15, 0.2) is 0 Å². The first-order valence-electron chi connectivity index (χ1n) is 11.1. The third-order valence-corrected chi connectivity index (χ3v) is 5.28. The van der Waals surface area contributed by atoms with Crippen molar-refractivity contribution in [3.05, 3.63) is 70.8 Å². The summed E-state index contributed by atoms with van der Waals surface area (Å²) in [6.45, 7) is 5.98. The molecule has 0 amide bonds. The molecular formula is C27H34O6. The summed E-state index contributed by atoms with van der Waals surface area (Å²) in [5.74, 6) is -0.501. The molecule has 0 radical (unpaired) electrons. The fourth-order valence-corrected chi connectivity index (χ4v) is 3.38. The number of hydrogen-bond donors (Lipinski definition) is 1. The average molecular weight is 455 g/mol. The maximum absolute atomic E-state index is 12.1. The smallest absolute Gasteiger partial charge is 0.338 e. The monoisotopic (exact) mass is 454 g/mol. The Morgan fingerprint density at radius 3 is 2.33 bits per heavy atom. The van der Waals surface area contributed by atoms with Gasteiger partial charge in [0.25, 0.3) is 0 Å². The van der Waals surface area contributed by atoms with Crippen LogP contribution in [0.5, 0.6) is 5.75 Å². The number of aliphatic hydroxyl groups is 1. The number of methoxy groups -OCH3 is 2. The first-order valence-corrected chi connectivity index (χ1v) is 11.1. The number of carbonyl (C=O) groups is 2. The van der Waals surface area contributed by atoms with Crippen molar-refractivity contribution in [2.45, 2.75) is 58.7 Å². The van der Waals surface area contributed by atoms with Gasteiger partial charge in [0, 0.05) is 0 Å². The highest BCUT2D eigenvalue weighted by Gasteiger charge is 2.19. The van der Waals surface area contributed by atoms with Crippen LogP contribution in [-0.4, -0.2) is 36.9 Å². The van der Waals surface area contributed by atoms with E-state index in [1.54, 1.807) is 12.1 Å². The van der Waals surface area contributed by atoms with E-state index in [0.29, 0.717) is 5.75 Å². The number of allylic oxidation sites excluding steroid dienone is 2. The molecule has 0 unspecified atom stereocenters. The van der Waals surface area contributed by atoms with Crippen molar-refractivity contribution in [3.63, 3.8) is 0 Å². The van der Waals surface area contributed by atoms with Gasteiger partial charge >= 0.3 is 11.9 Å². The molecule has 0 atom stereocenters. The molecule has 2 aromatic rings. The highest BCUT2D eigenvalue weighted by atomic mass is 16.5. The topological polar surface area (TPSA) is 82.1 Å². The third-order valence-electron chi connectivity index (χ3n) is 5.28. The molecule has 0 aliphatic rings. The predicted molar refractivity (Wildman–Crippen MR) is 128 cm³/mol. The van der Waals surface area contributed by atoms with Crippen LogP contribution in [0, 0.1) is 0 Å². The average Bonchev–Trinajstić information content (AvgIpc) is 2.80. The second-order valence-corrected chi connectivity index (χ2v) is 8.62. The lowest BCUT2D eigenvalue weighted by molar-refractivity contribution is 0.0555. The molecule has 0 aliphatic heterocycles. The van der Waals surface area contributed by atoms with Crippen molar-refractivity contribution in [1.29, 1.82) is 0 Å². The first-order chi connectivity index (χ1) is 15.6. The van der Waals surface area contributed by atoms with Crippen molar-refractivity contribution < 1.29 is 28.9 Å². The zero-order valence-electron chi connectivity index (χ0n) is 20.1. The molecule has 0 saturated carbocycles. The van der Waals surface area contributed by atoms with E-state index in [-0.39, 0.29) is 17.7 Å². The Kier molecular flexibility index (Phi) is 9.67. The number of carbonyl (C=O) groups excluding carboxylic acids is 2. The van der Waals surface area contributed by atoms with E-state index in [9.17, 15) is 14.7 Å². The summed E-state index contributed by atoms with van der Waals surface area (Å²) in [7, 11) is 2.53. The van der Waals surface area contributed by atoms with Crippen LogP contribution in [0.2, 0.25) is 0 Å². The van der Waals surface area contributed by atoms with E-state index in [2.05, 4.69) is 13.0 Å². The normalized spacial score (nSPS) is 11.8. The van der Waals surface area contributed by atoms with Crippen molar-refractivity contribution in [2.24, 2.45) is 0 Å². The summed E-state index contributed by atoms with van der Waals surface area (Å²) in [4.78, 5) is 24.0. The van der Waals surface area contributed by atoms with E-state index in [0.717, 1.165) is 36.8 Å². The van der Waals surface area contributed by atoms with E-state index >= 15 is 0 Å². The van der Waals surface area contributed by atoms with Crippen LogP contribution < -0.4 is 4.74 Å². The zero-order chi connectivity index (χ0) is 24.4. The fourth-order valence-electron chi connectivity index (χ4n) is 3.38. The molecule has 2 aromatic carbocycles. The molecule has 0 aromatic heterocycles. The van der Waals surface area contributed by atoms with Crippen LogP contribution >= 0.6 is 0 Å². The number of esters is 2. The Bertz CT molecular complexity index is 984. The van der Waals surface area contributed by atoms with Gasteiger partial charge in [-0.15, -0.1) is 0 Å². The molecule has 6 heteroatoms. The van der Waals surface area contributed by atoms with Gasteiger partial charge in [0.1, 0.15) is 12.4 Å². The van der Waals surface area contributed by atoms with E-state index < -0.39 is 17.5 Å². The minimum Gasteiger partial charge on any atom is -0.489 e. The molecule has 6 nitrogen and oxygen atoms in total. The Morgan fingerprint density at radius 1 is 0.970 bits per heavy atom. The SMILES string of the molecule is COC(=O)c1ccc(COc2cccc(/C(C)=C\CCCCC(C)(C)O)c2)cc1C(=O)OC. The molecular weight excluding hydrogens is 420 g/mol. The first kappa shape index (κ1) is 26.1. The highest BCUT2D eigenvalue weighted by Crippen LogP contribution is 2.23. The van der Waals surface area contributed by atoms with Gasteiger partial charge in [0.2, 0.25) is 0 Å². The molecule has 0 heterocycles. The Balaban J connectivity index is 2.03. The minimum absolute atomic E-state index is 0.141. The van der Waals surface area contributed by atoms with Crippen molar-refractivity contribution in [3.8, 4) is 5.75 Å². The van der Waals surface area contributed by atoms with E-state index in [1.807, 2.05) is 38.1 Å². The second kappa shape index (κ2) is 12.2. The summed E-state index contributed by atoms with van der Waals surface area (Å²) >= 11 is 0. The van der Waals surface area contributed by atoms with Crippen LogP contribution in [0.15, 0.2) is 48.5 Å². The maximum Gasteiger partial charge on any atom is 0.338 e. The van der Waals surface area contributed by atoms with Crippen molar-refractivity contribution >= 4 is 17.5 Å². The summed E-state index contributed by atoms with van der Waals surface area (Å²) in [6.07, 6.45) is 5.97. The largest absolute Gasteiger partial charge is 0.489 e. The number of ether oxygens (including phenoxy) is 3. The summed E-state index contributed by atoms with van der Waals surface area (Å²) in [5, 5.41) is 9.80. The number of hydrogen-bond acceptors (Lipinski definition) is 6. The molecule has 0 spiro atoms. The standard InChI is InChI=1S/C27H34O6/c1-19(10-7-6-8-15-27(2,3)30)21-11-9-12-22(17-21)33-18-20-13-14-23(25(28)31-4)24(16-20)26(29)32-5/h9-14,16-17,30H,6-8,15,18H2,1-5H3/b19-10-. The Hall–Kier alpha value is -3.12. The van der Waals surface area contributed by atoms with Gasteiger partial charge in [-0.05, 0) is 81.0 Å². The van der Waals surface area contributed by atoms with Gasteiger partial charge in [-0.3, -0.25) is 0 Å². The third kappa shape index (κ3) is 8.39. The van der Waals surface area contributed by atoms with E-state index in [1.165, 1.54) is 25.9 Å². The molecule has 0 saturated heterocycles. The van der Waals surface area contributed by atoms with Crippen LogP contribution in [0.4, 0.5) is 0 Å². The summed E-state index contributed by atoms with van der Waals surface area (Å²) < 4.78 is 15.5. The number of unbranched alkanes of at least 4 members (excludes halogenated alkanes) is 2. The molecule has 0 fully saturated rings. The molecule has 33 heavy (non-hydrogen) atoms. The number of rotatable bonds is 11. The Labute approximate surface area is 196 Å². The lowest BCUT2D eigenvalue weighted by Crippen LogP contribution is -2.17. The van der Waals surface area contributed by atoms with Crippen LogP contribution in [0.25, 0.3) is 5.57 Å². The van der Waals surface area contributed by atoms with Gasteiger partial charge in [-0.2, -0.15) is 0 Å². The van der Waals surface area contributed by atoms with Crippen molar-refractivity contribution in [1.82, 2.24) is 0 Å². The molecule has 2 rings (SSSR count). The molecule has 178 valence electrons. The van der Waals surface area contributed by atoms with Gasteiger partial charge < -0.3 is 19.3 Å². The fraction of sp³-hybridized carbons (Fsp3) is 0.407. The zero-order valence-corrected chi connectivity index (χ0v) is 20.1. The lowest BCUT2D eigenvalue weighted by Gasteiger charge is -2.16. The lowest BCUT2D eigenvalue weighted by atomic mass is 9.99. The Morgan fingerprint density at radius 2 is 1.67 bits per heavy atom. The van der Waals surface area contributed by atoms with Crippen LogP contribution in [0.3, 0.4) is 0 Å². The predicted octanol–water partition coefficient (Wildman–Crippen LogP) is 5.57.